The van der Waals surface area contributed by atoms with Crippen molar-refractivity contribution >= 4 is 11.8 Å². The Bertz CT molecular complexity index is 305. The minimum Gasteiger partial charge on any atom is -0.359 e. The van der Waals surface area contributed by atoms with Gasteiger partial charge >= 0.3 is 0 Å². The Balaban J connectivity index is 2.09. The summed E-state index contributed by atoms with van der Waals surface area (Å²) in [4.78, 5) is 0. The molecule has 15 heavy (non-hydrogen) atoms. The smallest absolute Gasteiger partial charge is 0.157 e. The Labute approximate surface area is 95.0 Å². The van der Waals surface area contributed by atoms with Crippen molar-refractivity contribution in [2.45, 2.75) is 26.3 Å². The molecule has 1 aromatic rings. The number of thioether (sulfide) groups is 1. The van der Waals surface area contributed by atoms with Crippen LogP contribution in [0.2, 0.25) is 0 Å². The highest BCUT2D eigenvalue weighted by atomic mass is 32.2. The molecule has 1 unspecified atom stereocenters. The molecule has 2 heterocycles. The van der Waals surface area contributed by atoms with E-state index >= 15 is 0 Å². The van der Waals surface area contributed by atoms with Gasteiger partial charge in [-0.3, -0.25) is 0 Å². The SMILES string of the molecule is CC(C)Cc1cnoc1C1CSCCN1. The van der Waals surface area contributed by atoms with E-state index in [0.29, 0.717) is 12.0 Å². The van der Waals surface area contributed by atoms with Crippen LogP contribution in [0.5, 0.6) is 0 Å². The van der Waals surface area contributed by atoms with Crippen LogP contribution in [-0.2, 0) is 6.42 Å². The van der Waals surface area contributed by atoms with Crippen molar-refractivity contribution < 1.29 is 4.52 Å². The summed E-state index contributed by atoms with van der Waals surface area (Å²) in [7, 11) is 0. The summed E-state index contributed by atoms with van der Waals surface area (Å²) in [5.41, 5.74) is 1.27. The lowest BCUT2D eigenvalue weighted by Gasteiger charge is -2.21. The molecule has 0 saturated carbocycles. The minimum absolute atomic E-state index is 0.361. The van der Waals surface area contributed by atoms with Crippen LogP contribution in [0.15, 0.2) is 10.7 Å². The van der Waals surface area contributed by atoms with E-state index in [0.717, 1.165) is 24.5 Å². The number of nitrogens with zero attached hydrogens (tertiary/aromatic N) is 1. The molecule has 2 rings (SSSR count). The molecule has 0 aliphatic carbocycles. The fraction of sp³-hybridized carbons (Fsp3) is 0.727. The lowest BCUT2D eigenvalue weighted by molar-refractivity contribution is 0.346. The second-order valence-corrected chi connectivity index (χ2v) is 5.54. The van der Waals surface area contributed by atoms with Crippen molar-refractivity contribution in [3.8, 4) is 0 Å². The van der Waals surface area contributed by atoms with E-state index in [-0.39, 0.29) is 0 Å². The monoisotopic (exact) mass is 226 g/mol. The summed E-state index contributed by atoms with van der Waals surface area (Å²) in [6.45, 7) is 5.51. The Morgan fingerprint density at radius 3 is 3.20 bits per heavy atom. The number of hydrogen-bond donors (Lipinski definition) is 1. The third kappa shape index (κ3) is 2.75. The summed E-state index contributed by atoms with van der Waals surface area (Å²) in [5.74, 6) is 4.00. The van der Waals surface area contributed by atoms with Crippen molar-refractivity contribution in [3.05, 3.63) is 17.5 Å². The van der Waals surface area contributed by atoms with E-state index in [1.54, 1.807) is 0 Å². The molecule has 1 N–H and O–H groups in total. The highest BCUT2D eigenvalue weighted by Crippen LogP contribution is 2.25. The van der Waals surface area contributed by atoms with Crippen LogP contribution in [-0.4, -0.2) is 23.2 Å². The van der Waals surface area contributed by atoms with Gasteiger partial charge in [0.2, 0.25) is 0 Å². The van der Waals surface area contributed by atoms with Gasteiger partial charge in [-0.1, -0.05) is 19.0 Å². The van der Waals surface area contributed by atoms with E-state index in [2.05, 4.69) is 24.3 Å². The lowest BCUT2D eigenvalue weighted by atomic mass is 10.0. The topological polar surface area (TPSA) is 38.1 Å². The van der Waals surface area contributed by atoms with Crippen LogP contribution in [0.3, 0.4) is 0 Å². The standard InChI is InChI=1S/C11H18N2OS/c1-8(2)5-9-6-13-14-11(9)10-7-15-4-3-12-10/h6,8,10,12H,3-5,7H2,1-2H3. The van der Waals surface area contributed by atoms with E-state index in [4.69, 9.17) is 4.52 Å². The largest absolute Gasteiger partial charge is 0.359 e. The fourth-order valence-electron chi connectivity index (χ4n) is 1.88. The number of aromatic nitrogens is 1. The normalized spacial score (nSPS) is 22.2. The Hall–Kier alpha value is -0.480. The average Bonchev–Trinajstić information content (AvgIpc) is 2.66. The van der Waals surface area contributed by atoms with Gasteiger partial charge in [-0.25, -0.2) is 0 Å². The zero-order valence-electron chi connectivity index (χ0n) is 9.32. The Kier molecular flexibility index (Phi) is 3.70. The molecule has 1 aliphatic heterocycles. The molecule has 1 atom stereocenters. The number of rotatable bonds is 3. The van der Waals surface area contributed by atoms with Gasteiger partial charge in [0.25, 0.3) is 0 Å². The molecule has 3 nitrogen and oxygen atoms in total. The lowest BCUT2D eigenvalue weighted by Crippen LogP contribution is -2.30. The van der Waals surface area contributed by atoms with Gasteiger partial charge < -0.3 is 9.84 Å². The first-order valence-electron chi connectivity index (χ1n) is 5.52. The van der Waals surface area contributed by atoms with Gasteiger partial charge in [0.05, 0.1) is 12.2 Å². The molecule has 0 radical (unpaired) electrons. The summed E-state index contributed by atoms with van der Waals surface area (Å²) >= 11 is 1.98. The van der Waals surface area contributed by atoms with Gasteiger partial charge in [0.1, 0.15) is 0 Å². The molecule has 1 aliphatic rings. The van der Waals surface area contributed by atoms with E-state index in [9.17, 15) is 0 Å². The maximum atomic E-state index is 5.38. The molecule has 0 amide bonds. The van der Waals surface area contributed by atoms with Gasteiger partial charge in [0.15, 0.2) is 5.76 Å². The van der Waals surface area contributed by atoms with Crippen molar-refractivity contribution in [2.75, 3.05) is 18.1 Å². The summed E-state index contributed by atoms with van der Waals surface area (Å²) < 4.78 is 5.38. The molecule has 1 fully saturated rings. The van der Waals surface area contributed by atoms with Crippen LogP contribution in [0.4, 0.5) is 0 Å². The van der Waals surface area contributed by atoms with Gasteiger partial charge in [-0.15, -0.1) is 0 Å². The molecular formula is C11H18N2OS. The molecule has 1 saturated heterocycles. The van der Waals surface area contributed by atoms with Gasteiger partial charge in [0, 0.05) is 23.6 Å². The fourth-order valence-corrected chi connectivity index (χ4v) is 2.82. The van der Waals surface area contributed by atoms with E-state index < -0.39 is 0 Å². The molecule has 84 valence electrons. The first kappa shape index (κ1) is 11.0. The van der Waals surface area contributed by atoms with Crippen LogP contribution >= 0.6 is 11.8 Å². The van der Waals surface area contributed by atoms with Crippen LogP contribution < -0.4 is 5.32 Å². The summed E-state index contributed by atoms with van der Waals surface area (Å²) in [6.07, 6.45) is 2.93. The number of hydrogen-bond acceptors (Lipinski definition) is 4. The van der Waals surface area contributed by atoms with Gasteiger partial charge in [-0.2, -0.15) is 11.8 Å². The van der Waals surface area contributed by atoms with Crippen molar-refractivity contribution in [3.63, 3.8) is 0 Å². The second kappa shape index (κ2) is 5.03. The maximum absolute atomic E-state index is 5.38. The summed E-state index contributed by atoms with van der Waals surface area (Å²) in [6, 6.07) is 0.361. The molecule has 0 spiro atoms. The quantitative estimate of drug-likeness (QED) is 0.858. The highest BCUT2D eigenvalue weighted by molar-refractivity contribution is 7.99. The molecule has 4 heteroatoms. The van der Waals surface area contributed by atoms with Crippen LogP contribution in [0.25, 0.3) is 0 Å². The molecule has 0 bridgehead atoms. The predicted octanol–water partition coefficient (Wildman–Crippen LogP) is 2.25. The third-order valence-electron chi connectivity index (χ3n) is 2.54. The summed E-state index contributed by atoms with van der Waals surface area (Å²) in [5, 5.41) is 7.41. The predicted molar refractivity (Wildman–Crippen MR) is 63.1 cm³/mol. The molecule has 0 aromatic carbocycles. The van der Waals surface area contributed by atoms with E-state index in [1.807, 2.05) is 18.0 Å². The van der Waals surface area contributed by atoms with Crippen molar-refractivity contribution in [2.24, 2.45) is 5.92 Å². The molecule has 1 aromatic heterocycles. The Morgan fingerprint density at radius 1 is 1.67 bits per heavy atom. The zero-order valence-corrected chi connectivity index (χ0v) is 10.1. The molecular weight excluding hydrogens is 208 g/mol. The van der Waals surface area contributed by atoms with Gasteiger partial charge in [-0.05, 0) is 12.3 Å². The zero-order chi connectivity index (χ0) is 10.7. The van der Waals surface area contributed by atoms with Crippen molar-refractivity contribution in [1.29, 1.82) is 0 Å². The maximum Gasteiger partial charge on any atom is 0.157 e. The minimum atomic E-state index is 0.361. The van der Waals surface area contributed by atoms with Crippen LogP contribution in [0.1, 0.15) is 31.2 Å². The highest BCUT2D eigenvalue weighted by Gasteiger charge is 2.22. The number of nitrogens with one attached hydrogen (secondary N) is 1. The average molecular weight is 226 g/mol. The Morgan fingerprint density at radius 2 is 2.53 bits per heavy atom. The van der Waals surface area contributed by atoms with Crippen molar-refractivity contribution in [1.82, 2.24) is 10.5 Å². The first-order chi connectivity index (χ1) is 7.27. The van der Waals surface area contributed by atoms with E-state index in [1.165, 1.54) is 11.3 Å². The second-order valence-electron chi connectivity index (χ2n) is 4.39. The first-order valence-corrected chi connectivity index (χ1v) is 6.67. The third-order valence-corrected chi connectivity index (χ3v) is 3.60. The van der Waals surface area contributed by atoms with Crippen LogP contribution in [0, 0.1) is 5.92 Å².